The van der Waals surface area contributed by atoms with Crippen LogP contribution in [0.15, 0.2) is 29.2 Å². The van der Waals surface area contributed by atoms with Gasteiger partial charge >= 0.3 is 0 Å². The van der Waals surface area contributed by atoms with Crippen LogP contribution < -0.4 is 5.32 Å². The summed E-state index contributed by atoms with van der Waals surface area (Å²) in [7, 11) is -3.50. The fraction of sp³-hybridized carbons (Fsp3) is 0.556. The number of carbonyl (C=O) groups is 2. The number of amides is 2. The van der Waals surface area contributed by atoms with E-state index in [4.69, 9.17) is 0 Å². The number of hydrogen-bond acceptors (Lipinski definition) is 4. The van der Waals surface area contributed by atoms with Gasteiger partial charge in [0.25, 0.3) is 0 Å². The Morgan fingerprint density at radius 3 is 2.48 bits per heavy atom. The van der Waals surface area contributed by atoms with Gasteiger partial charge in [-0.25, -0.2) is 8.42 Å². The van der Waals surface area contributed by atoms with Crippen molar-refractivity contribution in [2.45, 2.75) is 56.0 Å². The van der Waals surface area contributed by atoms with Crippen molar-refractivity contribution in [3.63, 3.8) is 0 Å². The Morgan fingerprint density at radius 1 is 1.16 bits per heavy atom. The molecule has 0 bridgehead atoms. The van der Waals surface area contributed by atoms with Crippen molar-refractivity contribution in [3.05, 3.63) is 29.8 Å². The van der Waals surface area contributed by atoms with Gasteiger partial charge < -0.3 is 10.2 Å². The van der Waals surface area contributed by atoms with E-state index in [0.717, 1.165) is 24.8 Å². The molecule has 2 amide bonds. The van der Waals surface area contributed by atoms with Gasteiger partial charge in [-0.3, -0.25) is 9.59 Å². The lowest BCUT2D eigenvalue weighted by Crippen LogP contribution is -2.46. The number of carbonyl (C=O) groups excluding carboxylic acids is 2. The molecule has 2 fully saturated rings. The van der Waals surface area contributed by atoms with Crippen LogP contribution in [0.5, 0.6) is 0 Å². The van der Waals surface area contributed by atoms with E-state index in [0.29, 0.717) is 13.0 Å². The number of nitrogens with one attached hydrogen (secondary N) is 1. The highest BCUT2D eigenvalue weighted by Crippen LogP contribution is 2.23. The van der Waals surface area contributed by atoms with Gasteiger partial charge in [0.15, 0.2) is 9.84 Å². The molecule has 1 aromatic rings. The van der Waals surface area contributed by atoms with E-state index in [1.807, 2.05) is 6.92 Å². The maximum atomic E-state index is 12.5. The smallest absolute Gasteiger partial charge is 0.243 e. The van der Waals surface area contributed by atoms with Crippen molar-refractivity contribution in [1.29, 1.82) is 0 Å². The molecule has 1 atom stereocenters. The van der Waals surface area contributed by atoms with Crippen molar-refractivity contribution in [1.82, 2.24) is 10.2 Å². The molecular formula is C18H24N2O4S. The molecule has 1 saturated heterocycles. The third kappa shape index (κ3) is 4.39. The minimum atomic E-state index is -3.50. The van der Waals surface area contributed by atoms with Crippen molar-refractivity contribution >= 4 is 21.7 Å². The third-order valence-corrected chi connectivity index (χ3v) is 6.50. The van der Waals surface area contributed by atoms with Crippen molar-refractivity contribution in [2.24, 2.45) is 0 Å². The Labute approximate surface area is 148 Å². The molecule has 1 unspecified atom stereocenters. The Kier molecular flexibility index (Phi) is 5.13. The van der Waals surface area contributed by atoms with E-state index in [9.17, 15) is 18.0 Å². The highest BCUT2D eigenvalue weighted by Gasteiger charge is 2.36. The highest BCUT2D eigenvalue weighted by molar-refractivity contribution is 7.91. The average Bonchev–Trinajstić information content (AvgIpc) is 3.25. The molecule has 6 nitrogen and oxygen atoms in total. The molecular weight excluding hydrogens is 340 g/mol. The topological polar surface area (TPSA) is 83.6 Å². The predicted octanol–water partition coefficient (Wildman–Crippen LogP) is 1.43. The lowest BCUT2D eigenvalue weighted by Gasteiger charge is -2.24. The summed E-state index contributed by atoms with van der Waals surface area (Å²) in [5.74, 6) is -0.596. The Hall–Kier alpha value is -1.89. The van der Waals surface area contributed by atoms with Crippen LogP contribution in [0.25, 0.3) is 0 Å². The van der Waals surface area contributed by atoms with Gasteiger partial charge in [-0.2, -0.15) is 0 Å². The molecule has 25 heavy (non-hydrogen) atoms. The van der Waals surface area contributed by atoms with Gasteiger partial charge in [0.1, 0.15) is 6.04 Å². The zero-order valence-electron chi connectivity index (χ0n) is 14.4. The van der Waals surface area contributed by atoms with Crippen LogP contribution >= 0.6 is 0 Å². The van der Waals surface area contributed by atoms with Gasteiger partial charge in [0.2, 0.25) is 11.8 Å². The van der Waals surface area contributed by atoms with Gasteiger partial charge in [-0.1, -0.05) is 17.7 Å². The summed E-state index contributed by atoms with van der Waals surface area (Å²) in [5, 5.41) is 2.93. The Bertz CT molecular complexity index is 754. The summed E-state index contributed by atoms with van der Waals surface area (Å²) in [6, 6.07) is 6.43. The molecule has 1 heterocycles. The molecule has 0 spiro atoms. The summed E-state index contributed by atoms with van der Waals surface area (Å²) in [4.78, 5) is 26.5. The van der Waals surface area contributed by atoms with Crippen LogP contribution in [0.4, 0.5) is 0 Å². The van der Waals surface area contributed by atoms with Crippen molar-refractivity contribution < 1.29 is 18.0 Å². The first kappa shape index (κ1) is 17.9. The SMILES string of the molecule is Cc1ccc(S(=O)(=O)CCC(=O)N2CCCC2C(=O)NC2CC2)cc1. The number of likely N-dealkylation sites (tertiary alicyclic amines) is 1. The molecule has 0 aromatic heterocycles. The van der Waals surface area contributed by atoms with E-state index in [-0.39, 0.29) is 34.9 Å². The second-order valence-electron chi connectivity index (χ2n) is 6.91. The molecule has 1 N–H and O–H groups in total. The first-order valence-corrected chi connectivity index (χ1v) is 10.4. The van der Waals surface area contributed by atoms with Gasteiger partial charge in [0, 0.05) is 19.0 Å². The van der Waals surface area contributed by atoms with E-state index >= 15 is 0 Å². The summed E-state index contributed by atoms with van der Waals surface area (Å²) >= 11 is 0. The van der Waals surface area contributed by atoms with Crippen molar-refractivity contribution in [2.75, 3.05) is 12.3 Å². The first-order valence-electron chi connectivity index (χ1n) is 8.76. The van der Waals surface area contributed by atoms with Crippen LogP contribution in [0, 0.1) is 6.92 Å². The molecule has 1 aliphatic heterocycles. The number of sulfone groups is 1. The normalized spacial score (nSPS) is 20.5. The molecule has 2 aliphatic rings. The summed E-state index contributed by atoms with van der Waals surface area (Å²) in [5.41, 5.74) is 0.983. The number of nitrogens with zero attached hydrogens (tertiary/aromatic N) is 1. The van der Waals surface area contributed by atoms with Crippen LogP contribution in [0.3, 0.4) is 0 Å². The largest absolute Gasteiger partial charge is 0.352 e. The van der Waals surface area contributed by atoms with Gasteiger partial charge in [0.05, 0.1) is 10.6 Å². The Morgan fingerprint density at radius 2 is 1.84 bits per heavy atom. The van der Waals surface area contributed by atoms with Crippen molar-refractivity contribution in [3.8, 4) is 0 Å². The minimum absolute atomic E-state index is 0.0938. The second-order valence-corrected chi connectivity index (χ2v) is 9.02. The predicted molar refractivity (Wildman–Crippen MR) is 93.7 cm³/mol. The van der Waals surface area contributed by atoms with Crippen LogP contribution in [-0.4, -0.2) is 49.5 Å². The number of aryl methyl sites for hydroxylation is 1. The lowest BCUT2D eigenvalue weighted by molar-refractivity contribution is -0.138. The quantitative estimate of drug-likeness (QED) is 0.828. The van der Waals surface area contributed by atoms with Crippen LogP contribution in [-0.2, 0) is 19.4 Å². The number of hydrogen-bond donors (Lipinski definition) is 1. The third-order valence-electron chi connectivity index (χ3n) is 4.76. The molecule has 0 radical (unpaired) electrons. The summed E-state index contributed by atoms with van der Waals surface area (Å²) < 4.78 is 24.8. The maximum absolute atomic E-state index is 12.5. The lowest BCUT2D eigenvalue weighted by atomic mass is 10.2. The van der Waals surface area contributed by atoms with Gasteiger partial charge in [-0.05, 0) is 44.7 Å². The second kappa shape index (κ2) is 7.15. The van der Waals surface area contributed by atoms with Crippen LogP contribution in [0.2, 0.25) is 0 Å². The first-order chi connectivity index (χ1) is 11.9. The molecule has 3 rings (SSSR count). The molecule has 1 aromatic carbocycles. The monoisotopic (exact) mass is 364 g/mol. The van der Waals surface area contributed by atoms with Gasteiger partial charge in [-0.15, -0.1) is 0 Å². The summed E-state index contributed by atoms with van der Waals surface area (Å²) in [6.07, 6.45) is 3.33. The zero-order valence-corrected chi connectivity index (χ0v) is 15.2. The fourth-order valence-corrected chi connectivity index (χ4v) is 4.32. The van der Waals surface area contributed by atoms with Crippen LogP contribution in [0.1, 0.15) is 37.7 Å². The Balaban J connectivity index is 1.59. The molecule has 1 aliphatic carbocycles. The number of rotatable bonds is 6. The molecule has 136 valence electrons. The highest BCUT2D eigenvalue weighted by atomic mass is 32.2. The van der Waals surface area contributed by atoms with E-state index in [1.54, 1.807) is 29.2 Å². The average molecular weight is 364 g/mol. The van der Waals surface area contributed by atoms with E-state index < -0.39 is 15.9 Å². The molecule has 7 heteroatoms. The zero-order chi connectivity index (χ0) is 18.0. The van der Waals surface area contributed by atoms with E-state index in [2.05, 4.69) is 5.32 Å². The summed E-state index contributed by atoms with van der Waals surface area (Å²) in [6.45, 7) is 2.41. The fourth-order valence-electron chi connectivity index (χ4n) is 3.09. The maximum Gasteiger partial charge on any atom is 0.243 e. The van der Waals surface area contributed by atoms with E-state index in [1.165, 1.54) is 0 Å². The number of benzene rings is 1. The molecule has 1 saturated carbocycles. The minimum Gasteiger partial charge on any atom is -0.352 e. The standard InChI is InChI=1S/C18H24N2O4S/c1-13-4-8-15(9-5-13)25(23,24)12-10-17(21)20-11-2-3-16(20)18(22)19-14-6-7-14/h4-5,8-9,14,16H,2-3,6-7,10-12H2,1H3,(H,19,22).